The third-order valence-electron chi connectivity index (χ3n) is 7.51. The van der Waals surface area contributed by atoms with Crippen LogP contribution in [0, 0.1) is 17.8 Å². The van der Waals surface area contributed by atoms with Crippen molar-refractivity contribution in [1.29, 1.82) is 0 Å². The number of carbonyl (C=O) groups excluding carboxylic acids is 3. The minimum absolute atomic E-state index is 0.0299. The second kappa shape index (κ2) is 9.11. The van der Waals surface area contributed by atoms with Crippen molar-refractivity contribution in [3.05, 3.63) is 41.7 Å². The Bertz CT molecular complexity index is 1140. The van der Waals surface area contributed by atoms with Crippen LogP contribution in [0.25, 0.3) is 0 Å². The molecule has 0 radical (unpaired) electrons. The Balaban J connectivity index is 1.40. The van der Waals surface area contributed by atoms with Crippen molar-refractivity contribution in [2.45, 2.75) is 64.1 Å². The normalized spacial score (nSPS) is 20.7. The molecule has 2 fully saturated rings. The molecule has 1 aromatic heterocycles. The molecule has 2 heterocycles. The molecule has 3 aliphatic rings. The summed E-state index contributed by atoms with van der Waals surface area (Å²) in [4.78, 5) is 40.8. The topological polar surface area (TPSA) is 122 Å². The highest BCUT2D eigenvalue weighted by Gasteiger charge is 2.48. The molecule has 35 heavy (non-hydrogen) atoms. The Morgan fingerprint density at radius 1 is 1.11 bits per heavy atom. The number of hydrogen-bond acceptors (Lipinski definition) is 5. The zero-order valence-corrected chi connectivity index (χ0v) is 20.5. The highest BCUT2D eigenvalue weighted by molar-refractivity contribution is 6.02. The van der Waals surface area contributed by atoms with E-state index in [0.717, 1.165) is 31.2 Å². The van der Waals surface area contributed by atoms with E-state index in [1.807, 2.05) is 26.0 Å². The first-order chi connectivity index (χ1) is 16.7. The first-order valence-corrected chi connectivity index (χ1v) is 12.6. The largest absolute Gasteiger partial charge is 0.339 e. The maximum atomic E-state index is 13.7. The third kappa shape index (κ3) is 4.69. The van der Waals surface area contributed by atoms with Gasteiger partial charge in [-0.05, 0) is 81.0 Å². The van der Waals surface area contributed by atoms with Crippen LogP contribution in [0.1, 0.15) is 74.1 Å². The average Bonchev–Trinajstić information content (AvgIpc) is 3.76. The SMILES string of the molecule is CC(C)n1nccc1C(=O)N[C@H](C(=O)Nc1ccc2c(c1)N(C)C(=O)CC2N)C(C1CC1)C1CC1. The van der Waals surface area contributed by atoms with Crippen LogP contribution in [0.5, 0.6) is 0 Å². The summed E-state index contributed by atoms with van der Waals surface area (Å²) in [6, 6.07) is 6.19. The summed E-state index contributed by atoms with van der Waals surface area (Å²) in [6.07, 6.45) is 6.24. The second-order valence-corrected chi connectivity index (χ2v) is 10.5. The van der Waals surface area contributed by atoms with E-state index in [-0.39, 0.29) is 42.1 Å². The van der Waals surface area contributed by atoms with E-state index in [1.165, 1.54) is 0 Å². The van der Waals surface area contributed by atoms with Crippen molar-refractivity contribution in [2.75, 3.05) is 17.3 Å². The Morgan fingerprint density at radius 2 is 1.80 bits per heavy atom. The first-order valence-electron chi connectivity index (χ1n) is 12.6. The molecule has 1 aromatic carbocycles. The molecule has 4 N–H and O–H groups in total. The van der Waals surface area contributed by atoms with Gasteiger partial charge in [0.15, 0.2) is 0 Å². The second-order valence-electron chi connectivity index (χ2n) is 10.5. The van der Waals surface area contributed by atoms with E-state index in [1.54, 1.807) is 35.0 Å². The number of amides is 3. The summed E-state index contributed by atoms with van der Waals surface area (Å²) in [7, 11) is 1.72. The Morgan fingerprint density at radius 3 is 2.43 bits per heavy atom. The van der Waals surface area contributed by atoms with E-state index < -0.39 is 6.04 Å². The quantitative estimate of drug-likeness (QED) is 0.538. The minimum Gasteiger partial charge on any atom is -0.339 e. The highest BCUT2D eigenvalue weighted by Crippen LogP contribution is 2.51. The zero-order valence-electron chi connectivity index (χ0n) is 20.5. The van der Waals surface area contributed by atoms with Crippen LogP contribution in [0.2, 0.25) is 0 Å². The number of benzene rings is 1. The molecule has 9 nitrogen and oxygen atoms in total. The molecule has 5 rings (SSSR count). The van der Waals surface area contributed by atoms with Gasteiger partial charge in [-0.2, -0.15) is 5.10 Å². The number of rotatable bonds is 8. The zero-order chi connectivity index (χ0) is 24.9. The smallest absolute Gasteiger partial charge is 0.270 e. The van der Waals surface area contributed by atoms with Gasteiger partial charge in [0.1, 0.15) is 11.7 Å². The third-order valence-corrected chi connectivity index (χ3v) is 7.51. The van der Waals surface area contributed by atoms with Crippen LogP contribution in [0.3, 0.4) is 0 Å². The molecule has 0 saturated heterocycles. The average molecular weight is 479 g/mol. The number of hydrogen-bond donors (Lipinski definition) is 3. The monoisotopic (exact) mass is 478 g/mol. The van der Waals surface area contributed by atoms with Gasteiger partial charge in [0.25, 0.3) is 5.91 Å². The molecule has 2 aliphatic carbocycles. The lowest BCUT2D eigenvalue weighted by molar-refractivity contribution is -0.120. The lowest BCUT2D eigenvalue weighted by Crippen LogP contribution is -2.50. The van der Waals surface area contributed by atoms with Crippen LogP contribution >= 0.6 is 0 Å². The number of aromatic nitrogens is 2. The fourth-order valence-electron chi connectivity index (χ4n) is 5.36. The summed E-state index contributed by atoms with van der Waals surface area (Å²) in [5.41, 5.74) is 8.78. The van der Waals surface area contributed by atoms with E-state index in [9.17, 15) is 14.4 Å². The molecule has 0 bridgehead atoms. The standard InChI is InChI=1S/C26H34N6O3/c1-14(2)32-20(10-11-28-32)25(34)30-24(23(15-4-5-15)16-6-7-16)26(35)29-17-8-9-18-19(27)13-22(33)31(3)21(18)12-17/h8-12,14-16,19,23-24H,4-7,13,27H2,1-3H3,(H,29,35)(H,30,34)/t19?,24-/m0/s1. The molecule has 1 unspecified atom stereocenters. The fourth-order valence-corrected chi connectivity index (χ4v) is 5.36. The summed E-state index contributed by atoms with van der Waals surface area (Å²) in [6.45, 7) is 3.93. The highest BCUT2D eigenvalue weighted by atomic mass is 16.2. The van der Waals surface area contributed by atoms with E-state index in [0.29, 0.717) is 28.9 Å². The summed E-state index contributed by atoms with van der Waals surface area (Å²) in [5, 5.41) is 10.4. The lowest BCUT2D eigenvalue weighted by Gasteiger charge is -2.31. The van der Waals surface area contributed by atoms with Crippen molar-refractivity contribution in [3.8, 4) is 0 Å². The van der Waals surface area contributed by atoms with Gasteiger partial charge in [-0.25, -0.2) is 0 Å². The maximum absolute atomic E-state index is 13.7. The predicted octanol–water partition coefficient (Wildman–Crippen LogP) is 3.00. The van der Waals surface area contributed by atoms with Gasteiger partial charge in [0.2, 0.25) is 11.8 Å². The Labute approximate surface area is 205 Å². The van der Waals surface area contributed by atoms with Crippen molar-refractivity contribution in [2.24, 2.45) is 23.5 Å². The van der Waals surface area contributed by atoms with Crippen LogP contribution in [0.15, 0.2) is 30.5 Å². The Kier molecular flexibility index (Phi) is 6.13. The molecule has 9 heteroatoms. The van der Waals surface area contributed by atoms with Gasteiger partial charge in [0.05, 0.1) is 5.69 Å². The van der Waals surface area contributed by atoms with E-state index in [2.05, 4.69) is 15.7 Å². The summed E-state index contributed by atoms with van der Waals surface area (Å²) >= 11 is 0. The summed E-state index contributed by atoms with van der Waals surface area (Å²) < 4.78 is 1.67. The molecule has 186 valence electrons. The minimum atomic E-state index is -0.643. The van der Waals surface area contributed by atoms with E-state index in [4.69, 9.17) is 5.73 Å². The predicted molar refractivity (Wildman–Crippen MR) is 133 cm³/mol. The van der Waals surface area contributed by atoms with Crippen LogP contribution in [-0.4, -0.2) is 40.6 Å². The van der Waals surface area contributed by atoms with Gasteiger partial charge < -0.3 is 21.3 Å². The molecule has 2 saturated carbocycles. The van der Waals surface area contributed by atoms with Crippen molar-refractivity contribution in [1.82, 2.24) is 15.1 Å². The van der Waals surface area contributed by atoms with Gasteiger partial charge in [-0.15, -0.1) is 0 Å². The fraction of sp³-hybridized carbons (Fsp3) is 0.538. The Hall–Kier alpha value is -3.20. The molecule has 2 atom stereocenters. The molecular formula is C26H34N6O3. The first kappa shape index (κ1) is 23.5. The number of fused-ring (bicyclic) bond motifs is 1. The van der Waals surface area contributed by atoms with Crippen LogP contribution in [-0.2, 0) is 9.59 Å². The maximum Gasteiger partial charge on any atom is 0.270 e. The van der Waals surface area contributed by atoms with Gasteiger partial charge in [0, 0.05) is 37.4 Å². The van der Waals surface area contributed by atoms with Crippen molar-refractivity contribution in [3.63, 3.8) is 0 Å². The number of nitrogens with one attached hydrogen (secondary N) is 2. The number of nitrogens with two attached hydrogens (primary N) is 1. The van der Waals surface area contributed by atoms with Crippen molar-refractivity contribution < 1.29 is 14.4 Å². The number of anilines is 2. The molecular weight excluding hydrogens is 444 g/mol. The molecule has 2 aromatic rings. The lowest BCUT2D eigenvalue weighted by atomic mass is 9.88. The van der Waals surface area contributed by atoms with Gasteiger partial charge in [-0.1, -0.05) is 6.07 Å². The van der Waals surface area contributed by atoms with Crippen LogP contribution < -0.4 is 21.3 Å². The summed E-state index contributed by atoms with van der Waals surface area (Å²) in [5.74, 6) is 0.460. The molecule has 3 amide bonds. The number of nitrogens with zero attached hydrogens (tertiary/aromatic N) is 3. The van der Waals surface area contributed by atoms with Gasteiger partial charge in [-0.3, -0.25) is 19.1 Å². The van der Waals surface area contributed by atoms with Gasteiger partial charge >= 0.3 is 0 Å². The van der Waals surface area contributed by atoms with Crippen molar-refractivity contribution >= 4 is 29.1 Å². The molecule has 0 spiro atoms. The van der Waals surface area contributed by atoms with E-state index >= 15 is 0 Å². The molecule has 1 aliphatic heterocycles. The van der Waals surface area contributed by atoms with Crippen LogP contribution in [0.4, 0.5) is 11.4 Å². The number of carbonyl (C=O) groups is 3.